The van der Waals surface area contributed by atoms with Gasteiger partial charge in [-0.1, -0.05) is 18.2 Å². The monoisotopic (exact) mass is 220 g/mol. The van der Waals surface area contributed by atoms with E-state index in [1.165, 1.54) is 0 Å². The summed E-state index contributed by atoms with van der Waals surface area (Å²) in [5, 5.41) is 12.7. The molecule has 4 nitrogen and oxygen atoms in total. The minimum atomic E-state index is -0.0355. The Morgan fingerprint density at radius 2 is 2.06 bits per heavy atom. The number of aliphatic hydroxyl groups is 1. The van der Waals surface area contributed by atoms with Gasteiger partial charge in [0.25, 0.3) is 0 Å². The molecular formula is C12H16N2O2. The first-order chi connectivity index (χ1) is 7.74. The molecule has 1 aromatic carbocycles. The molecule has 1 N–H and O–H groups in total. The Morgan fingerprint density at radius 1 is 1.38 bits per heavy atom. The number of hydrogen-bond donors (Lipinski definition) is 1. The third-order valence-corrected chi connectivity index (χ3v) is 2.82. The third kappa shape index (κ3) is 1.94. The molecule has 86 valence electrons. The van der Waals surface area contributed by atoms with E-state index in [0.29, 0.717) is 13.0 Å². The summed E-state index contributed by atoms with van der Waals surface area (Å²) < 4.78 is 0. The van der Waals surface area contributed by atoms with Gasteiger partial charge in [-0.25, -0.2) is 10.0 Å². The van der Waals surface area contributed by atoms with E-state index >= 15 is 0 Å². The Hall–Kier alpha value is -1.39. The Kier molecular flexibility index (Phi) is 3.22. The lowest BCUT2D eigenvalue weighted by Crippen LogP contribution is -2.46. The second-order valence-electron chi connectivity index (χ2n) is 3.99. The summed E-state index contributed by atoms with van der Waals surface area (Å²) in [6, 6.07) is 9.50. The fourth-order valence-corrected chi connectivity index (χ4v) is 1.93. The van der Waals surface area contributed by atoms with Crippen molar-refractivity contribution < 1.29 is 9.90 Å². The molecule has 1 atom stereocenters. The standard InChI is InChI=1S/C12H16N2O2/c1-10(9-15)13-8-7-12(16)14(13)11-5-3-2-4-6-11/h2-6,10,15H,7-9H2,1H3. The maximum Gasteiger partial charge on any atom is 0.242 e. The van der Waals surface area contributed by atoms with Crippen molar-refractivity contribution in [2.24, 2.45) is 0 Å². The summed E-state index contributed by atoms with van der Waals surface area (Å²) in [5.74, 6) is 0.0894. The van der Waals surface area contributed by atoms with Crippen molar-refractivity contribution >= 4 is 11.6 Å². The van der Waals surface area contributed by atoms with Crippen LogP contribution in [0.5, 0.6) is 0 Å². The van der Waals surface area contributed by atoms with Gasteiger partial charge in [-0.2, -0.15) is 0 Å². The highest BCUT2D eigenvalue weighted by Gasteiger charge is 2.32. The molecule has 1 fully saturated rings. The van der Waals surface area contributed by atoms with Crippen LogP contribution in [-0.4, -0.2) is 35.2 Å². The first-order valence-corrected chi connectivity index (χ1v) is 5.49. The van der Waals surface area contributed by atoms with Crippen LogP contribution in [-0.2, 0) is 4.79 Å². The van der Waals surface area contributed by atoms with Gasteiger partial charge in [-0.05, 0) is 19.1 Å². The Labute approximate surface area is 95.1 Å². The van der Waals surface area contributed by atoms with Crippen LogP contribution in [0.15, 0.2) is 30.3 Å². The fraction of sp³-hybridized carbons (Fsp3) is 0.417. The van der Waals surface area contributed by atoms with E-state index in [2.05, 4.69) is 0 Å². The van der Waals surface area contributed by atoms with Crippen LogP contribution in [0, 0.1) is 0 Å². The second kappa shape index (κ2) is 4.63. The van der Waals surface area contributed by atoms with Gasteiger partial charge in [0.15, 0.2) is 0 Å². The van der Waals surface area contributed by atoms with E-state index in [1.807, 2.05) is 42.3 Å². The molecular weight excluding hydrogens is 204 g/mol. The lowest BCUT2D eigenvalue weighted by molar-refractivity contribution is -0.118. The van der Waals surface area contributed by atoms with E-state index in [1.54, 1.807) is 5.01 Å². The normalized spacial score (nSPS) is 19.1. The summed E-state index contributed by atoms with van der Waals surface area (Å²) >= 11 is 0. The lowest BCUT2D eigenvalue weighted by atomic mass is 10.3. The second-order valence-corrected chi connectivity index (χ2v) is 3.99. The van der Waals surface area contributed by atoms with Gasteiger partial charge < -0.3 is 5.11 Å². The highest BCUT2D eigenvalue weighted by molar-refractivity contribution is 5.94. The van der Waals surface area contributed by atoms with Gasteiger partial charge in [-0.15, -0.1) is 0 Å². The SMILES string of the molecule is CC(CO)N1CCC(=O)N1c1ccccc1. The van der Waals surface area contributed by atoms with E-state index in [0.717, 1.165) is 5.69 Å². The van der Waals surface area contributed by atoms with Crippen molar-refractivity contribution in [1.82, 2.24) is 5.01 Å². The summed E-state index contributed by atoms with van der Waals surface area (Å²) in [5.41, 5.74) is 0.866. The molecule has 1 aliphatic rings. The number of carbonyl (C=O) groups excluding carboxylic acids is 1. The van der Waals surface area contributed by atoms with Crippen LogP contribution in [0.1, 0.15) is 13.3 Å². The summed E-state index contributed by atoms with van der Waals surface area (Å²) in [6.07, 6.45) is 0.513. The highest BCUT2D eigenvalue weighted by Crippen LogP contribution is 2.23. The number of benzene rings is 1. The minimum Gasteiger partial charge on any atom is -0.395 e. The van der Waals surface area contributed by atoms with Crippen molar-refractivity contribution in [3.05, 3.63) is 30.3 Å². The number of hydrogen-bond acceptors (Lipinski definition) is 3. The molecule has 0 aliphatic carbocycles. The number of anilines is 1. The van der Waals surface area contributed by atoms with Crippen LogP contribution < -0.4 is 5.01 Å². The molecule has 0 bridgehead atoms. The topological polar surface area (TPSA) is 43.8 Å². The Bertz CT molecular complexity index is 367. The zero-order chi connectivity index (χ0) is 11.5. The van der Waals surface area contributed by atoms with Crippen LogP contribution in [0.4, 0.5) is 5.69 Å². The van der Waals surface area contributed by atoms with Crippen molar-refractivity contribution in [2.45, 2.75) is 19.4 Å². The number of hydrazine groups is 1. The van der Waals surface area contributed by atoms with E-state index in [9.17, 15) is 4.79 Å². The predicted octanol–water partition coefficient (Wildman–Crippen LogP) is 1.02. The van der Waals surface area contributed by atoms with Crippen molar-refractivity contribution in [3.63, 3.8) is 0 Å². The number of rotatable bonds is 3. The minimum absolute atomic E-state index is 0.0355. The van der Waals surface area contributed by atoms with E-state index in [-0.39, 0.29) is 18.6 Å². The highest BCUT2D eigenvalue weighted by atomic mass is 16.3. The first-order valence-electron chi connectivity index (χ1n) is 5.49. The van der Waals surface area contributed by atoms with E-state index < -0.39 is 0 Å². The zero-order valence-electron chi connectivity index (χ0n) is 9.34. The molecule has 1 aromatic rings. The number of amides is 1. The molecule has 1 heterocycles. The van der Waals surface area contributed by atoms with Gasteiger partial charge in [0.05, 0.1) is 18.3 Å². The average molecular weight is 220 g/mol. The quantitative estimate of drug-likeness (QED) is 0.827. The Balaban J connectivity index is 2.26. The lowest BCUT2D eigenvalue weighted by Gasteiger charge is -2.31. The fourth-order valence-electron chi connectivity index (χ4n) is 1.93. The van der Waals surface area contributed by atoms with Crippen molar-refractivity contribution in [1.29, 1.82) is 0 Å². The van der Waals surface area contributed by atoms with Gasteiger partial charge in [0, 0.05) is 13.0 Å². The molecule has 0 aromatic heterocycles. The average Bonchev–Trinajstić information content (AvgIpc) is 2.71. The molecule has 16 heavy (non-hydrogen) atoms. The third-order valence-electron chi connectivity index (χ3n) is 2.82. The number of aliphatic hydroxyl groups excluding tert-OH is 1. The van der Waals surface area contributed by atoms with E-state index in [4.69, 9.17) is 5.11 Å². The molecule has 1 unspecified atom stereocenters. The van der Waals surface area contributed by atoms with Crippen molar-refractivity contribution in [3.8, 4) is 0 Å². The summed E-state index contributed by atoms with van der Waals surface area (Å²) in [4.78, 5) is 11.8. The molecule has 1 saturated heterocycles. The van der Waals surface area contributed by atoms with Crippen LogP contribution in [0.3, 0.4) is 0 Å². The van der Waals surface area contributed by atoms with Crippen LogP contribution in [0.25, 0.3) is 0 Å². The number of carbonyl (C=O) groups is 1. The van der Waals surface area contributed by atoms with Crippen molar-refractivity contribution in [2.75, 3.05) is 18.2 Å². The molecule has 1 aliphatic heterocycles. The molecule has 1 amide bonds. The maximum atomic E-state index is 11.8. The molecule has 2 rings (SSSR count). The Morgan fingerprint density at radius 3 is 2.69 bits per heavy atom. The predicted molar refractivity (Wildman–Crippen MR) is 61.8 cm³/mol. The largest absolute Gasteiger partial charge is 0.395 e. The zero-order valence-corrected chi connectivity index (χ0v) is 9.34. The summed E-state index contributed by atoms with van der Waals surface area (Å²) in [6.45, 7) is 2.64. The van der Waals surface area contributed by atoms with Gasteiger partial charge in [0.1, 0.15) is 0 Å². The smallest absolute Gasteiger partial charge is 0.242 e. The maximum absolute atomic E-state index is 11.8. The first kappa shape index (κ1) is 11.1. The van der Waals surface area contributed by atoms with Gasteiger partial charge in [-0.3, -0.25) is 4.79 Å². The molecule has 4 heteroatoms. The molecule has 0 radical (unpaired) electrons. The molecule has 0 saturated carbocycles. The number of nitrogens with zero attached hydrogens (tertiary/aromatic N) is 2. The summed E-state index contributed by atoms with van der Waals surface area (Å²) in [7, 11) is 0. The van der Waals surface area contributed by atoms with Gasteiger partial charge in [0.2, 0.25) is 5.91 Å². The van der Waals surface area contributed by atoms with Gasteiger partial charge >= 0.3 is 0 Å². The number of para-hydroxylation sites is 1. The van der Waals surface area contributed by atoms with Crippen LogP contribution in [0.2, 0.25) is 0 Å². The van der Waals surface area contributed by atoms with Crippen LogP contribution >= 0.6 is 0 Å². The molecule has 0 spiro atoms.